The third kappa shape index (κ3) is 3.16. The maximum atomic E-state index is 12.8. The number of benzene rings is 1. The quantitative estimate of drug-likeness (QED) is 0.884. The van der Waals surface area contributed by atoms with Gasteiger partial charge in [0.2, 0.25) is 0 Å². The molecular weight excluding hydrogens is 310 g/mol. The lowest BCUT2D eigenvalue weighted by atomic mass is 9.66. The molecule has 1 aliphatic heterocycles. The highest BCUT2D eigenvalue weighted by atomic mass is 16.2. The van der Waals surface area contributed by atoms with Crippen LogP contribution in [0.5, 0.6) is 0 Å². The molecule has 2 aliphatic rings. The van der Waals surface area contributed by atoms with Gasteiger partial charge >= 0.3 is 6.03 Å². The number of amides is 2. The van der Waals surface area contributed by atoms with Crippen molar-refractivity contribution in [1.82, 2.24) is 10.2 Å². The van der Waals surface area contributed by atoms with Crippen LogP contribution in [0.2, 0.25) is 0 Å². The number of urea groups is 1. The molecular formula is C21H27N3O. The van der Waals surface area contributed by atoms with Crippen LogP contribution in [0.1, 0.15) is 57.1 Å². The van der Waals surface area contributed by atoms with E-state index in [1.165, 1.54) is 12.0 Å². The number of hydrogen-bond donors (Lipinski definition) is 1. The number of allylic oxidation sites excluding steroid dienone is 1. The molecule has 1 aliphatic carbocycles. The molecule has 1 saturated heterocycles. The molecule has 1 N–H and O–H groups in total. The summed E-state index contributed by atoms with van der Waals surface area (Å²) in [5, 5.41) is 13.0. The first-order chi connectivity index (χ1) is 12.1. The van der Waals surface area contributed by atoms with E-state index in [4.69, 9.17) is 0 Å². The van der Waals surface area contributed by atoms with Crippen molar-refractivity contribution >= 4 is 11.7 Å². The number of nitrogens with one attached hydrogen (secondary N) is 1. The number of nitriles is 1. The summed E-state index contributed by atoms with van der Waals surface area (Å²) in [5.41, 5.74) is 3.50. The van der Waals surface area contributed by atoms with Crippen molar-refractivity contribution in [2.45, 2.75) is 52.4 Å². The molecule has 132 valence electrons. The second-order valence-electron chi connectivity index (χ2n) is 7.16. The zero-order chi connectivity index (χ0) is 17.9. The van der Waals surface area contributed by atoms with E-state index in [1.807, 2.05) is 23.1 Å². The zero-order valence-corrected chi connectivity index (χ0v) is 15.3. The molecule has 0 saturated carbocycles. The highest BCUT2D eigenvalue weighted by Crippen LogP contribution is 2.46. The normalized spacial score (nSPS) is 19.2. The first-order valence-electron chi connectivity index (χ1n) is 9.44. The minimum Gasteiger partial charge on any atom is -0.325 e. The van der Waals surface area contributed by atoms with Crippen molar-refractivity contribution in [3.8, 4) is 6.07 Å². The van der Waals surface area contributed by atoms with E-state index in [2.05, 4.69) is 31.3 Å². The molecule has 1 aromatic carbocycles. The molecule has 0 bridgehead atoms. The van der Waals surface area contributed by atoms with E-state index >= 15 is 0 Å². The van der Waals surface area contributed by atoms with Crippen molar-refractivity contribution in [3.05, 3.63) is 41.0 Å². The van der Waals surface area contributed by atoms with E-state index < -0.39 is 0 Å². The second-order valence-corrected chi connectivity index (χ2v) is 7.16. The highest BCUT2D eigenvalue weighted by Gasteiger charge is 2.39. The summed E-state index contributed by atoms with van der Waals surface area (Å²) >= 11 is 0. The van der Waals surface area contributed by atoms with Gasteiger partial charge in [-0.2, -0.15) is 5.26 Å². The van der Waals surface area contributed by atoms with Crippen LogP contribution in [0.4, 0.5) is 4.79 Å². The fourth-order valence-electron chi connectivity index (χ4n) is 4.21. The smallest absolute Gasteiger partial charge is 0.321 e. The average Bonchev–Trinajstić information content (AvgIpc) is 2.68. The number of likely N-dealkylation sites (tertiary alicyclic amines) is 1. The molecule has 4 nitrogen and oxygen atoms in total. The van der Waals surface area contributed by atoms with E-state index in [9.17, 15) is 10.1 Å². The van der Waals surface area contributed by atoms with E-state index in [1.54, 1.807) is 0 Å². The molecule has 3 rings (SSSR count). The van der Waals surface area contributed by atoms with Crippen LogP contribution in [-0.2, 0) is 6.42 Å². The van der Waals surface area contributed by atoms with Crippen molar-refractivity contribution in [2.75, 3.05) is 13.1 Å². The SMILES string of the molecule is CCC1(CC)Cc2ccccc2C(NC(=O)N2CCCCC2)=C1C#N. The number of carbonyl (C=O) groups is 1. The van der Waals surface area contributed by atoms with Gasteiger partial charge < -0.3 is 10.2 Å². The molecule has 0 aromatic heterocycles. The van der Waals surface area contributed by atoms with Gasteiger partial charge in [-0.1, -0.05) is 38.1 Å². The summed E-state index contributed by atoms with van der Waals surface area (Å²) in [4.78, 5) is 14.7. The molecule has 1 fully saturated rings. The van der Waals surface area contributed by atoms with Gasteiger partial charge in [-0.3, -0.25) is 0 Å². The Morgan fingerprint density at radius 1 is 1.20 bits per heavy atom. The Morgan fingerprint density at radius 2 is 1.88 bits per heavy atom. The predicted molar refractivity (Wildman–Crippen MR) is 99.6 cm³/mol. The summed E-state index contributed by atoms with van der Waals surface area (Å²) in [6.07, 6.45) is 5.95. The van der Waals surface area contributed by atoms with Crippen LogP contribution in [-0.4, -0.2) is 24.0 Å². The largest absolute Gasteiger partial charge is 0.325 e. The topological polar surface area (TPSA) is 56.1 Å². The van der Waals surface area contributed by atoms with E-state index in [0.29, 0.717) is 0 Å². The highest BCUT2D eigenvalue weighted by molar-refractivity contribution is 5.89. The first kappa shape index (κ1) is 17.5. The van der Waals surface area contributed by atoms with Crippen molar-refractivity contribution in [3.63, 3.8) is 0 Å². The van der Waals surface area contributed by atoms with Crippen molar-refractivity contribution < 1.29 is 4.79 Å². The van der Waals surface area contributed by atoms with Gasteiger partial charge in [0, 0.05) is 24.1 Å². The number of piperidine rings is 1. The summed E-state index contributed by atoms with van der Waals surface area (Å²) in [5.74, 6) is 0. The summed E-state index contributed by atoms with van der Waals surface area (Å²) in [6, 6.07) is 10.5. The lowest BCUT2D eigenvalue weighted by molar-refractivity contribution is 0.190. The van der Waals surface area contributed by atoms with Gasteiger partial charge in [0.05, 0.1) is 17.3 Å². The number of carbonyl (C=O) groups excluding carboxylic acids is 1. The molecule has 25 heavy (non-hydrogen) atoms. The first-order valence-corrected chi connectivity index (χ1v) is 9.44. The number of fused-ring (bicyclic) bond motifs is 1. The van der Waals surface area contributed by atoms with Crippen LogP contribution in [0, 0.1) is 16.7 Å². The Balaban J connectivity index is 2.03. The lowest BCUT2D eigenvalue weighted by Gasteiger charge is -2.38. The van der Waals surface area contributed by atoms with Gasteiger partial charge in [-0.05, 0) is 44.1 Å². The third-order valence-electron chi connectivity index (χ3n) is 5.94. The summed E-state index contributed by atoms with van der Waals surface area (Å²) in [7, 11) is 0. The zero-order valence-electron chi connectivity index (χ0n) is 15.3. The van der Waals surface area contributed by atoms with Crippen LogP contribution in [0.25, 0.3) is 5.70 Å². The van der Waals surface area contributed by atoms with Crippen LogP contribution in [0.3, 0.4) is 0 Å². The minimum atomic E-state index is -0.187. The van der Waals surface area contributed by atoms with Gasteiger partial charge in [-0.25, -0.2) is 4.79 Å². The molecule has 0 spiro atoms. The minimum absolute atomic E-state index is 0.0692. The van der Waals surface area contributed by atoms with Crippen LogP contribution >= 0.6 is 0 Å². The molecule has 4 heteroatoms. The van der Waals surface area contributed by atoms with E-state index in [0.717, 1.165) is 62.0 Å². The maximum Gasteiger partial charge on any atom is 0.321 e. The van der Waals surface area contributed by atoms with Crippen LogP contribution < -0.4 is 5.32 Å². The summed E-state index contributed by atoms with van der Waals surface area (Å²) < 4.78 is 0. The molecule has 2 amide bonds. The predicted octanol–water partition coefficient (Wildman–Crippen LogP) is 4.48. The van der Waals surface area contributed by atoms with Gasteiger partial charge in [0.25, 0.3) is 0 Å². The molecule has 0 radical (unpaired) electrons. The maximum absolute atomic E-state index is 12.8. The Hall–Kier alpha value is -2.28. The Labute approximate surface area is 150 Å². The Morgan fingerprint density at radius 3 is 2.52 bits per heavy atom. The standard InChI is InChI=1S/C21H27N3O/c1-3-21(4-2)14-16-10-6-7-11-17(16)19(18(21)15-22)23-20(25)24-12-8-5-9-13-24/h6-7,10-11H,3-5,8-9,12-14H2,1-2H3,(H,23,25). The second kappa shape index (κ2) is 7.31. The Bertz CT molecular complexity index is 719. The molecule has 0 atom stereocenters. The number of hydrogen-bond acceptors (Lipinski definition) is 2. The average molecular weight is 337 g/mol. The van der Waals surface area contributed by atoms with Gasteiger partial charge in [0.1, 0.15) is 0 Å². The monoisotopic (exact) mass is 337 g/mol. The van der Waals surface area contributed by atoms with Gasteiger partial charge in [0.15, 0.2) is 0 Å². The van der Waals surface area contributed by atoms with Crippen molar-refractivity contribution in [2.24, 2.45) is 5.41 Å². The third-order valence-corrected chi connectivity index (χ3v) is 5.94. The van der Waals surface area contributed by atoms with Crippen molar-refractivity contribution in [1.29, 1.82) is 5.26 Å². The fraction of sp³-hybridized carbons (Fsp3) is 0.524. The van der Waals surface area contributed by atoms with E-state index in [-0.39, 0.29) is 11.4 Å². The summed E-state index contributed by atoms with van der Waals surface area (Å²) in [6.45, 7) is 5.88. The molecule has 1 aromatic rings. The number of nitrogens with zero attached hydrogens (tertiary/aromatic N) is 2. The molecule has 0 unspecified atom stereocenters. The molecule has 1 heterocycles. The lowest BCUT2D eigenvalue weighted by Crippen LogP contribution is -2.43. The van der Waals surface area contributed by atoms with Crippen LogP contribution in [0.15, 0.2) is 29.8 Å². The fourth-order valence-corrected chi connectivity index (χ4v) is 4.21. The Kier molecular flexibility index (Phi) is 5.13. The van der Waals surface area contributed by atoms with Gasteiger partial charge in [-0.15, -0.1) is 0 Å². The number of rotatable bonds is 3.